The van der Waals surface area contributed by atoms with E-state index in [2.05, 4.69) is 10.2 Å². The molecule has 2 aliphatic heterocycles. The van der Waals surface area contributed by atoms with Gasteiger partial charge in [-0.25, -0.2) is 0 Å². The molecule has 0 radical (unpaired) electrons. The van der Waals surface area contributed by atoms with Crippen molar-refractivity contribution in [3.05, 3.63) is 53.1 Å². The summed E-state index contributed by atoms with van der Waals surface area (Å²) >= 11 is 7.39. The van der Waals surface area contributed by atoms with Gasteiger partial charge in [0.25, 0.3) is 0 Å². The van der Waals surface area contributed by atoms with E-state index in [9.17, 15) is 4.79 Å². The monoisotopic (exact) mass is 470 g/mol. The minimum atomic E-state index is 0.0584. The Kier molecular flexibility index (Phi) is 5.97. The van der Waals surface area contributed by atoms with Crippen molar-refractivity contribution in [2.75, 3.05) is 25.5 Å². The molecule has 2 aromatic carbocycles. The van der Waals surface area contributed by atoms with Gasteiger partial charge in [-0.05, 0) is 54.8 Å². The first-order valence-corrected chi connectivity index (χ1v) is 11.9. The van der Waals surface area contributed by atoms with Crippen LogP contribution in [0.5, 0.6) is 11.5 Å². The van der Waals surface area contributed by atoms with Gasteiger partial charge in [-0.2, -0.15) is 0 Å². The van der Waals surface area contributed by atoms with E-state index in [1.165, 1.54) is 11.8 Å². The van der Waals surface area contributed by atoms with Crippen LogP contribution in [0.3, 0.4) is 0 Å². The summed E-state index contributed by atoms with van der Waals surface area (Å²) in [5.74, 6) is 2.69. The third-order valence-corrected chi connectivity index (χ3v) is 7.04. The minimum Gasteiger partial charge on any atom is -0.486 e. The standard InChI is InChI=1S/C23H23ClN4O3S/c1-27-22(15-4-7-17(24)8-5-15)25-26-23(27)32-14-21(29)28-10-2-3-18(28)16-6-9-19-20(13-16)31-12-11-30-19/h4-9,13,18H,2-3,10-12,14H2,1H3/t18-/m0/s1. The van der Waals surface area contributed by atoms with Crippen molar-refractivity contribution < 1.29 is 14.3 Å². The Hall–Kier alpha value is -2.71. The zero-order chi connectivity index (χ0) is 22.1. The summed E-state index contributed by atoms with van der Waals surface area (Å²) in [5, 5.41) is 9.96. The van der Waals surface area contributed by atoms with Crippen molar-refractivity contribution in [1.82, 2.24) is 19.7 Å². The minimum absolute atomic E-state index is 0.0584. The van der Waals surface area contributed by atoms with Crippen LogP contribution in [0.15, 0.2) is 47.6 Å². The zero-order valence-corrected chi connectivity index (χ0v) is 19.2. The molecule has 0 bridgehead atoms. The van der Waals surface area contributed by atoms with Gasteiger partial charge in [0.1, 0.15) is 13.2 Å². The molecular formula is C23H23ClN4O3S. The number of benzene rings is 2. The van der Waals surface area contributed by atoms with E-state index in [4.69, 9.17) is 21.1 Å². The lowest BCUT2D eigenvalue weighted by molar-refractivity contribution is -0.129. The maximum atomic E-state index is 13.1. The molecule has 3 aromatic rings. The molecule has 5 rings (SSSR count). The predicted octanol–water partition coefficient (Wildman–Crippen LogP) is 4.36. The van der Waals surface area contributed by atoms with Gasteiger partial charge in [-0.15, -0.1) is 10.2 Å². The molecule has 3 heterocycles. The van der Waals surface area contributed by atoms with Gasteiger partial charge >= 0.3 is 0 Å². The number of thioether (sulfide) groups is 1. The van der Waals surface area contributed by atoms with Crippen molar-refractivity contribution >= 4 is 29.3 Å². The number of halogens is 1. The van der Waals surface area contributed by atoms with Crippen molar-refractivity contribution in [2.45, 2.75) is 24.0 Å². The number of rotatable bonds is 5. The molecular weight excluding hydrogens is 448 g/mol. The lowest BCUT2D eigenvalue weighted by Gasteiger charge is -2.26. The van der Waals surface area contributed by atoms with Crippen LogP contribution < -0.4 is 9.47 Å². The number of aromatic nitrogens is 3. The molecule has 0 aliphatic carbocycles. The van der Waals surface area contributed by atoms with Crippen LogP contribution in [0.1, 0.15) is 24.4 Å². The highest BCUT2D eigenvalue weighted by atomic mass is 35.5. The zero-order valence-electron chi connectivity index (χ0n) is 17.7. The van der Waals surface area contributed by atoms with Crippen LogP contribution >= 0.6 is 23.4 Å². The van der Waals surface area contributed by atoms with E-state index < -0.39 is 0 Å². The van der Waals surface area contributed by atoms with E-state index in [0.29, 0.717) is 29.1 Å². The molecule has 1 saturated heterocycles. The fraction of sp³-hybridized carbons (Fsp3) is 0.348. The van der Waals surface area contributed by atoms with E-state index in [-0.39, 0.29) is 11.9 Å². The summed E-state index contributed by atoms with van der Waals surface area (Å²) in [4.78, 5) is 15.1. The number of likely N-dealkylation sites (tertiary alicyclic amines) is 1. The van der Waals surface area contributed by atoms with Crippen LogP contribution in [0.25, 0.3) is 11.4 Å². The van der Waals surface area contributed by atoms with Gasteiger partial charge in [0.15, 0.2) is 22.5 Å². The second kappa shape index (κ2) is 9.03. The van der Waals surface area contributed by atoms with E-state index in [0.717, 1.165) is 47.8 Å². The Morgan fingerprint density at radius 1 is 1.12 bits per heavy atom. The number of hydrogen-bond donors (Lipinski definition) is 0. The molecule has 166 valence electrons. The van der Waals surface area contributed by atoms with Crippen molar-refractivity contribution in [3.8, 4) is 22.9 Å². The van der Waals surface area contributed by atoms with E-state index >= 15 is 0 Å². The number of nitrogens with zero attached hydrogens (tertiary/aromatic N) is 4. The Bertz CT molecular complexity index is 1130. The molecule has 32 heavy (non-hydrogen) atoms. The molecule has 1 fully saturated rings. The third-order valence-electron chi connectivity index (χ3n) is 5.79. The first-order valence-electron chi connectivity index (χ1n) is 10.6. The van der Waals surface area contributed by atoms with Gasteiger partial charge in [-0.1, -0.05) is 29.4 Å². The number of amides is 1. The molecule has 7 nitrogen and oxygen atoms in total. The van der Waals surface area contributed by atoms with E-state index in [1.807, 2.05) is 59.0 Å². The molecule has 0 spiro atoms. The largest absolute Gasteiger partial charge is 0.486 e. The van der Waals surface area contributed by atoms with Gasteiger partial charge in [0, 0.05) is 24.2 Å². The summed E-state index contributed by atoms with van der Waals surface area (Å²) in [6.07, 6.45) is 1.93. The molecule has 0 N–H and O–H groups in total. The molecule has 9 heteroatoms. The normalized spacial score (nSPS) is 17.6. The quantitative estimate of drug-likeness (QED) is 0.516. The molecule has 2 aliphatic rings. The number of fused-ring (bicyclic) bond motifs is 1. The molecule has 1 aromatic heterocycles. The van der Waals surface area contributed by atoms with Crippen LogP contribution in [0, 0.1) is 0 Å². The number of carbonyl (C=O) groups is 1. The highest BCUT2D eigenvalue weighted by Crippen LogP contribution is 2.38. The maximum absolute atomic E-state index is 13.1. The predicted molar refractivity (Wildman–Crippen MR) is 123 cm³/mol. The first-order chi connectivity index (χ1) is 15.6. The summed E-state index contributed by atoms with van der Waals surface area (Å²) in [6.45, 7) is 1.88. The summed E-state index contributed by atoms with van der Waals surface area (Å²) in [7, 11) is 1.91. The van der Waals surface area contributed by atoms with Crippen molar-refractivity contribution in [3.63, 3.8) is 0 Å². The second-order valence-electron chi connectivity index (χ2n) is 7.81. The lowest BCUT2D eigenvalue weighted by atomic mass is 10.0. The highest BCUT2D eigenvalue weighted by Gasteiger charge is 2.31. The van der Waals surface area contributed by atoms with Gasteiger partial charge < -0.3 is 18.9 Å². The van der Waals surface area contributed by atoms with Gasteiger partial charge in [0.2, 0.25) is 5.91 Å². The average molecular weight is 471 g/mol. The summed E-state index contributed by atoms with van der Waals surface area (Å²) in [6, 6.07) is 13.5. The topological polar surface area (TPSA) is 69.5 Å². The smallest absolute Gasteiger partial charge is 0.233 e. The van der Waals surface area contributed by atoms with Crippen LogP contribution in [-0.4, -0.2) is 51.1 Å². The Balaban J connectivity index is 1.26. The van der Waals surface area contributed by atoms with Crippen molar-refractivity contribution in [2.24, 2.45) is 7.05 Å². The number of carbonyl (C=O) groups excluding carboxylic acids is 1. The number of hydrogen-bond acceptors (Lipinski definition) is 6. The Morgan fingerprint density at radius 3 is 2.72 bits per heavy atom. The summed E-state index contributed by atoms with van der Waals surface area (Å²) < 4.78 is 13.3. The third kappa shape index (κ3) is 4.17. The van der Waals surface area contributed by atoms with Gasteiger partial charge in [-0.3, -0.25) is 4.79 Å². The van der Waals surface area contributed by atoms with Gasteiger partial charge in [0.05, 0.1) is 11.8 Å². The maximum Gasteiger partial charge on any atom is 0.233 e. The molecule has 1 amide bonds. The fourth-order valence-electron chi connectivity index (χ4n) is 4.18. The van der Waals surface area contributed by atoms with Crippen LogP contribution in [-0.2, 0) is 11.8 Å². The Morgan fingerprint density at radius 2 is 1.91 bits per heavy atom. The number of ether oxygens (including phenoxy) is 2. The molecule has 0 saturated carbocycles. The SMILES string of the molecule is Cn1c(SCC(=O)N2CCC[C@H]2c2ccc3c(c2)OCCO3)nnc1-c1ccc(Cl)cc1. The van der Waals surface area contributed by atoms with Crippen LogP contribution in [0.4, 0.5) is 0 Å². The Labute approximate surface area is 195 Å². The van der Waals surface area contributed by atoms with E-state index in [1.54, 1.807) is 0 Å². The van der Waals surface area contributed by atoms with Crippen molar-refractivity contribution in [1.29, 1.82) is 0 Å². The van der Waals surface area contributed by atoms with Crippen LogP contribution in [0.2, 0.25) is 5.02 Å². The highest BCUT2D eigenvalue weighted by molar-refractivity contribution is 7.99. The lowest BCUT2D eigenvalue weighted by Crippen LogP contribution is -2.32. The summed E-state index contributed by atoms with van der Waals surface area (Å²) in [5.41, 5.74) is 2.02. The molecule has 0 unspecified atom stereocenters. The second-order valence-corrected chi connectivity index (χ2v) is 9.19. The first kappa shape index (κ1) is 21.2. The molecule has 1 atom stereocenters. The fourth-order valence-corrected chi connectivity index (χ4v) is 5.10. The average Bonchev–Trinajstić information content (AvgIpc) is 3.45.